The molecule has 0 radical (unpaired) electrons. The summed E-state index contributed by atoms with van der Waals surface area (Å²) in [5.41, 5.74) is 0.644. The SMILES string of the molecule is CC(C)(C)NC(=O)CCC(O)c1ccccc1. The summed E-state index contributed by atoms with van der Waals surface area (Å²) < 4.78 is 0. The zero-order valence-electron chi connectivity index (χ0n) is 10.7. The summed E-state index contributed by atoms with van der Waals surface area (Å²) in [5.74, 6) is -0.0209. The van der Waals surface area contributed by atoms with Gasteiger partial charge >= 0.3 is 0 Å². The highest BCUT2D eigenvalue weighted by atomic mass is 16.3. The summed E-state index contributed by atoms with van der Waals surface area (Å²) in [5, 5.41) is 12.8. The average molecular weight is 235 g/mol. The van der Waals surface area contributed by atoms with Crippen LogP contribution in [0, 0.1) is 0 Å². The van der Waals surface area contributed by atoms with Gasteiger partial charge in [-0.25, -0.2) is 0 Å². The summed E-state index contributed by atoms with van der Waals surface area (Å²) in [7, 11) is 0. The summed E-state index contributed by atoms with van der Waals surface area (Å²) in [6.45, 7) is 5.83. The van der Waals surface area contributed by atoms with E-state index in [1.807, 2.05) is 51.1 Å². The number of rotatable bonds is 4. The normalized spacial score (nSPS) is 13.2. The van der Waals surface area contributed by atoms with Gasteiger partial charge in [-0.2, -0.15) is 0 Å². The molecule has 3 heteroatoms. The molecule has 0 fully saturated rings. The van der Waals surface area contributed by atoms with Gasteiger partial charge in [0.1, 0.15) is 0 Å². The lowest BCUT2D eigenvalue weighted by Gasteiger charge is -2.21. The van der Waals surface area contributed by atoms with E-state index in [0.29, 0.717) is 12.8 Å². The molecule has 1 amide bonds. The van der Waals surface area contributed by atoms with Crippen LogP contribution in [0.5, 0.6) is 0 Å². The number of carbonyl (C=O) groups is 1. The molecule has 0 heterocycles. The molecule has 0 bridgehead atoms. The largest absolute Gasteiger partial charge is 0.388 e. The topological polar surface area (TPSA) is 49.3 Å². The highest BCUT2D eigenvalue weighted by Crippen LogP contribution is 2.17. The molecule has 0 spiro atoms. The number of carbonyl (C=O) groups excluding carboxylic acids is 1. The Hall–Kier alpha value is -1.35. The maximum Gasteiger partial charge on any atom is 0.220 e. The molecule has 94 valence electrons. The highest BCUT2D eigenvalue weighted by Gasteiger charge is 2.15. The first-order valence-corrected chi connectivity index (χ1v) is 5.92. The molecular formula is C14H21NO2. The zero-order valence-corrected chi connectivity index (χ0v) is 10.7. The van der Waals surface area contributed by atoms with Crippen molar-refractivity contribution in [2.24, 2.45) is 0 Å². The van der Waals surface area contributed by atoms with E-state index in [1.165, 1.54) is 0 Å². The Bertz CT molecular complexity index is 354. The summed E-state index contributed by atoms with van der Waals surface area (Å²) in [6.07, 6.45) is 0.223. The molecule has 0 saturated heterocycles. The second-order valence-electron chi connectivity index (χ2n) is 5.26. The van der Waals surface area contributed by atoms with Crippen molar-refractivity contribution in [2.75, 3.05) is 0 Å². The van der Waals surface area contributed by atoms with Gasteiger partial charge in [-0.1, -0.05) is 30.3 Å². The fourth-order valence-electron chi connectivity index (χ4n) is 1.59. The lowest BCUT2D eigenvalue weighted by Crippen LogP contribution is -2.40. The molecule has 1 rings (SSSR count). The molecule has 0 aliphatic carbocycles. The van der Waals surface area contributed by atoms with Crippen LogP contribution in [-0.4, -0.2) is 16.6 Å². The molecule has 0 saturated carbocycles. The lowest BCUT2D eigenvalue weighted by atomic mass is 10.0. The predicted octanol–water partition coefficient (Wildman–Crippen LogP) is 2.41. The fourth-order valence-corrected chi connectivity index (χ4v) is 1.59. The molecule has 1 aromatic rings. The predicted molar refractivity (Wildman–Crippen MR) is 68.5 cm³/mol. The summed E-state index contributed by atoms with van der Waals surface area (Å²) in [4.78, 5) is 11.6. The Balaban J connectivity index is 2.39. The smallest absolute Gasteiger partial charge is 0.220 e. The van der Waals surface area contributed by atoms with Crippen LogP contribution < -0.4 is 5.32 Å². The molecule has 2 N–H and O–H groups in total. The van der Waals surface area contributed by atoms with Crippen LogP contribution in [0.3, 0.4) is 0 Å². The van der Waals surface area contributed by atoms with Gasteiger partial charge < -0.3 is 10.4 Å². The molecule has 0 aliphatic rings. The minimum Gasteiger partial charge on any atom is -0.388 e. The van der Waals surface area contributed by atoms with Gasteiger partial charge in [0, 0.05) is 12.0 Å². The average Bonchev–Trinajstić information content (AvgIpc) is 2.25. The minimum atomic E-state index is -0.568. The second kappa shape index (κ2) is 5.82. The minimum absolute atomic E-state index is 0.0209. The van der Waals surface area contributed by atoms with Gasteiger partial charge in [0.2, 0.25) is 5.91 Å². The van der Waals surface area contributed by atoms with Gasteiger partial charge in [-0.05, 0) is 32.8 Å². The van der Waals surface area contributed by atoms with Crippen LogP contribution in [0.2, 0.25) is 0 Å². The first-order valence-electron chi connectivity index (χ1n) is 5.92. The Morgan fingerprint density at radius 3 is 2.41 bits per heavy atom. The maximum absolute atomic E-state index is 11.6. The van der Waals surface area contributed by atoms with E-state index in [2.05, 4.69) is 5.32 Å². The van der Waals surface area contributed by atoms with Crippen LogP contribution in [-0.2, 0) is 4.79 Å². The van der Waals surface area contributed by atoms with E-state index in [9.17, 15) is 9.90 Å². The monoisotopic (exact) mass is 235 g/mol. The zero-order chi connectivity index (χ0) is 12.9. The van der Waals surface area contributed by atoms with E-state index in [4.69, 9.17) is 0 Å². The molecular weight excluding hydrogens is 214 g/mol. The molecule has 0 aromatic heterocycles. The van der Waals surface area contributed by atoms with Crippen LogP contribution >= 0.6 is 0 Å². The van der Waals surface area contributed by atoms with Gasteiger partial charge in [0.15, 0.2) is 0 Å². The third-order valence-corrected chi connectivity index (χ3v) is 2.34. The standard InChI is InChI=1S/C14H21NO2/c1-14(2,3)15-13(17)10-9-12(16)11-7-5-4-6-8-11/h4-8,12,16H,9-10H2,1-3H3,(H,15,17). The van der Waals surface area contributed by atoms with Crippen LogP contribution in [0.15, 0.2) is 30.3 Å². The van der Waals surface area contributed by atoms with Crippen molar-refractivity contribution >= 4 is 5.91 Å². The van der Waals surface area contributed by atoms with Crippen LogP contribution in [0.1, 0.15) is 45.3 Å². The van der Waals surface area contributed by atoms with E-state index in [-0.39, 0.29) is 11.4 Å². The van der Waals surface area contributed by atoms with Crippen molar-refractivity contribution in [3.63, 3.8) is 0 Å². The summed E-state index contributed by atoms with van der Waals surface area (Å²) in [6, 6.07) is 9.41. The van der Waals surface area contributed by atoms with E-state index >= 15 is 0 Å². The number of amides is 1. The molecule has 0 aliphatic heterocycles. The van der Waals surface area contributed by atoms with Crippen molar-refractivity contribution in [3.05, 3.63) is 35.9 Å². The number of hydrogen-bond donors (Lipinski definition) is 2. The van der Waals surface area contributed by atoms with Crippen LogP contribution in [0.4, 0.5) is 0 Å². The third kappa shape index (κ3) is 5.50. The molecule has 3 nitrogen and oxygen atoms in total. The Kier molecular flexibility index (Phi) is 4.70. The molecule has 1 aromatic carbocycles. The van der Waals surface area contributed by atoms with E-state index in [1.54, 1.807) is 0 Å². The van der Waals surface area contributed by atoms with E-state index < -0.39 is 6.10 Å². The van der Waals surface area contributed by atoms with Crippen LogP contribution in [0.25, 0.3) is 0 Å². The molecule has 1 atom stereocenters. The van der Waals surface area contributed by atoms with Crippen molar-refractivity contribution in [3.8, 4) is 0 Å². The third-order valence-electron chi connectivity index (χ3n) is 2.34. The first-order chi connectivity index (χ1) is 7.88. The first kappa shape index (κ1) is 13.7. The number of hydrogen-bond acceptors (Lipinski definition) is 2. The highest BCUT2D eigenvalue weighted by molar-refractivity contribution is 5.76. The van der Waals surface area contributed by atoms with Gasteiger partial charge in [-0.15, -0.1) is 0 Å². The number of aliphatic hydroxyl groups excluding tert-OH is 1. The fraction of sp³-hybridized carbons (Fsp3) is 0.500. The van der Waals surface area contributed by atoms with Crippen molar-refractivity contribution < 1.29 is 9.90 Å². The molecule has 1 unspecified atom stereocenters. The lowest BCUT2D eigenvalue weighted by molar-refractivity contribution is -0.123. The number of benzene rings is 1. The van der Waals surface area contributed by atoms with Gasteiger partial charge in [-0.3, -0.25) is 4.79 Å². The number of nitrogens with one attached hydrogen (secondary N) is 1. The number of aliphatic hydroxyl groups is 1. The Morgan fingerprint density at radius 2 is 1.88 bits per heavy atom. The molecule has 17 heavy (non-hydrogen) atoms. The van der Waals surface area contributed by atoms with Gasteiger partial charge in [0.25, 0.3) is 0 Å². The Morgan fingerprint density at radius 1 is 1.29 bits per heavy atom. The quantitative estimate of drug-likeness (QED) is 0.842. The van der Waals surface area contributed by atoms with Crippen molar-refractivity contribution in [1.82, 2.24) is 5.32 Å². The van der Waals surface area contributed by atoms with E-state index in [0.717, 1.165) is 5.56 Å². The van der Waals surface area contributed by atoms with Crippen molar-refractivity contribution in [1.29, 1.82) is 0 Å². The summed E-state index contributed by atoms with van der Waals surface area (Å²) >= 11 is 0. The van der Waals surface area contributed by atoms with Gasteiger partial charge in [0.05, 0.1) is 6.10 Å². The maximum atomic E-state index is 11.6. The van der Waals surface area contributed by atoms with Crippen molar-refractivity contribution in [2.45, 2.75) is 45.3 Å². The Labute approximate surface area is 103 Å². The second-order valence-corrected chi connectivity index (χ2v) is 5.26.